The van der Waals surface area contributed by atoms with Crippen LogP contribution in [0.5, 0.6) is 0 Å². The zero-order valence-corrected chi connectivity index (χ0v) is 42.2. The van der Waals surface area contributed by atoms with E-state index in [1.165, 1.54) is 62.2 Å². The Kier molecular flexibility index (Phi) is 13.4. The van der Waals surface area contributed by atoms with Crippen molar-refractivity contribution in [3.63, 3.8) is 0 Å². The number of rotatable bonds is 11. The van der Waals surface area contributed by atoms with E-state index in [2.05, 4.69) is 75.2 Å². The van der Waals surface area contributed by atoms with Gasteiger partial charge in [0.1, 0.15) is 23.7 Å². The Balaban J connectivity index is 0.972. The third kappa shape index (κ3) is 8.99. The number of aromatic amines is 2. The van der Waals surface area contributed by atoms with E-state index < -0.39 is 30.3 Å². The normalized spacial score (nSPS) is 19.3. The number of imidazole rings is 1. The number of fused-ring (bicyclic) bond motifs is 3. The lowest BCUT2D eigenvalue weighted by atomic mass is 9.82. The number of hydrogen-bond donors (Lipinski definition) is 4. The van der Waals surface area contributed by atoms with Crippen LogP contribution in [-0.2, 0) is 31.9 Å². The maximum Gasteiger partial charge on any atom is 0.407 e. The van der Waals surface area contributed by atoms with E-state index in [0.29, 0.717) is 36.2 Å². The number of nitrogens with one attached hydrogen (secondary N) is 4. The molecule has 1 saturated carbocycles. The minimum absolute atomic E-state index is 0.131. The summed E-state index contributed by atoms with van der Waals surface area (Å²) < 4.78 is 9.67. The summed E-state index contributed by atoms with van der Waals surface area (Å²) in [7, 11) is 2.58. The molecule has 2 aliphatic carbocycles. The van der Waals surface area contributed by atoms with Crippen LogP contribution >= 0.6 is 0 Å². The van der Waals surface area contributed by atoms with Crippen molar-refractivity contribution in [2.24, 2.45) is 17.3 Å². The number of carbonyl (C=O) groups is 4. The van der Waals surface area contributed by atoms with Gasteiger partial charge < -0.3 is 39.9 Å². The number of aromatic nitrogens is 4. The molecule has 3 fully saturated rings. The van der Waals surface area contributed by atoms with Crippen molar-refractivity contribution in [2.45, 2.75) is 122 Å². The SMILES string of the molecule is COC(=O)N[C@H](C(=O)N1CCCC[C@H]1c1ncc(-c2ccc(-c3ccc(-c4ccc5nc([C@@H]6CCCN6C(=O)[C@@H](NC(=O)OC)C(C)C)[nH]c(=O)c5c4)c4c3CC3(CCCC3)C4)c3ccccc23)[nH]1)C(C)C. The van der Waals surface area contributed by atoms with Crippen LogP contribution in [0.3, 0.4) is 0 Å². The summed E-state index contributed by atoms with van der Waals surface area (Å²) in [6.45, 7) is 8.67. The molecule has 15 nitrogen and oxygen atoms in total. The monoisotopic (exact) mass is 975 g/mol. The van der Waals surface area contributed by atoms with Crippen LogP contribution in [0.25, 0.3) is 55.2 Å². The van der Waals surface area contributed by atoms with Gasteiger partial charge in [0, 0.05) is 18.7 Å². The lowest BCUT2D eigenvalue weighted by molar-refractivity contribution is -0.138. The molecule has 4 aromatic carbocycles. The number of H-pyrrole nitrogens is 2. The molecule has 376 valence electrons. The van der Waals surface area contributed by atoms with Crippen LogP contribution in [0.1, 0.15) is 120 Å². The predicted molar refractivity (Wildman–Crippen MR) is 277 cm³/mol. The Morgan fingerprint density at radius 3 is 1.88 bits per heavy atom. The van der Waals surface area contributed by atoms with E-state index >= 15 is 0 Å². The van der Waals surface area contributed by atoms with Crippen molar-refractivity contribution in [1.82, 2.24) is 40.4 Å². The number of alkyl carbamates (subject to hydrolysis) is 2. The van der Waals surface area contributed by atoms with Gasteiger partial charge in [-0.3, -0.25) is 14.4 Å². The minimum Gasteiger partial charge on any atom is -0.453 e. The maximum atomic E-state index is 14.1. The van der Waals surface area contributed by atoms with Crippen LogP contribution in [0, 0.1) is 17.3 Å². The Labute approximate surface area is 419 Å². The molecule has 0 bridgehead atoms. The molecular weight excluding hydrogens is 909 g/mol. The average Bonchev–Trinajstić information content (AvgIpc) is 4.24. The van der Waals surface area contributed by atoms with Crippen LogP contribution < -0.4 is 16.2 Å². The zero-order valence-electron chi connectivity index (χ0n) is 42.2. The quantitative estimate of drug-likeness (QED) is 0.0979. The topological polar surface area (TPSA) is 192 Å². The smallest absolute Gasteiger partial charge is 0.407 e. The van der Waals surface area contributed by atoms with Crippen molar-refractivity contribution in [2.75, 3.05) is 27.3 Å². The van der Waals surface area contributed by atoms with E-state index in [0.717, 1.165) is 77.5 Å². The molecule has 10 rings (SSSR count). The van der Waals surface area contributed by atoms with E-state index in [1.807, 2.05) is 50.9 Å². The number of likely N-dealkylation sites (tertiary alicyclic amines) is 2. The first-order chi connectivity index (χ1) is 34.8. The molecule has 15 heteroatoms. The highest BCUT2D eigenvalue weighted by Crippen LogP contribution is 2.54. The van der Waals surface area contributed by atoms with Crippen molar-refractivity contribution in [1.29, 1.82) is 0 Å². The third-order valence-corrected chi connectivity index (χ3v) is 16.1. The lowest BCUT2D eigenvalue weighted by Gasteiger charge is -2.37. The molecule has 6 aromatic rings. The lowest BCUT2D eigenvalue weighted by Crippen LogP contribution is -2.53. The Morgan fingerprint density at radius 2 is 1.22 bits per heavy atom. The fraction of sp³-hybridized carbons (Fsp3) is 0.456. The Bertz CT molecular complexity index is 3130. The third-order valence-electron chi connectivity index (χ3n) is 16.1. The molecule has 4 N–H and O–H groups in total. The molecule has 2 aromatic heterocycles. The largest absolute Gasteiger partial charge is 0.453 e. The van der Waals surface area contributed by atoms with E-state index in [9.17, 15) is 24.0 Å². The van der Waals surface area contributed by atoms with Gasteiger partial charge in [-0.15, -0.1) is 0 Å². The van der Waals surface area contributed by atoms with Crippen molar-refractivity contribution in [3.05, 3.63) is 106 Å². The standard InChI is InChI=1S/C57H66N8O7/c1-32(2)48(61-55(69)71-5)53(67)64-26-12-9-16-46(64)50-58-31-45(60-50)40-22-21-38(36-14-7-8-15-37(36)40)39-20-19-35(42-29-57(30-43(39)42)24-10-11-25-57)34-18-23-44-41(28-34)52(66)63-51(59-44)47-17-13-27-65(47)54(68)49(33(3)4)62-56(70)72-6/h7-8,14-15,18-23,28,31-33,46-49H,9-13,16-17,24-27,29-30H2,1-6H3,(H,58,60)(H,61,69)(H,62,70)(H,59,63,66)/t46-,47-,48-,49-/m0/s1. The van der Waals surface area contributed by atoms with Crippen LogP contribution in [-0.4, -0.2) is 93.1 Å². The summed E-state index contributed by atoms with van der Waals surface area (Å²) >= 11 is 0. The molecule has 4 heterocycles. The second kappa shape index (κ2) is 19.9. The zero-order chi connectivity index (χ0) is 50.4. The molecular formula is C57H66N8O7. The van der Waals surface area contributed by atoms with Gasteiger partial charge in [0.15, 0.2) is 0 Å². The molecule has 0 unspecified atom stereocenters. The second-order valence-electron chi connectivity index (χ2n) is 21.2. The first-order valence-electron chi connectivity index (χ1n) is 25.8. The van der Waals surface area contributed by atoms with Crippen molar-refractivity contribution in [3.8, 4) is 33.5 Å². The first-order valence-corrected chi connectivity index (χ1v) is 25.8. The number of piperidine rings is 1. The fourth-order valence-electron chi connectivity index (χ4n) is 12.4. The van der Waals surface area contributed by atoms with Gasteiger partial charge in [0.05, 0.1) is 49.1 Å². The molecule has 72 heavy (non-hydrogen) atoms. The molecule has 1 spiro atoms. The number of carbonyl (C=O) groups excluding carboxylic acids is 4. The number of ether oxygens (including phenoxy) is 2. The van der Waals surface area contributed by atoms with Gasteiger partial charge in [0.2, 0.25) is 11.8 Å². The van der Waals surface area contributed by atoms with Crippen LogP contribution in [0.15, 0.2) is 77.7 Å². The molecule has 2 saturated heterocycles. The Morgan fingerprint density at radius 1 is 0.653 bits per heavy atom. The number of amides is 4. The van der Waals surface area contributed by atoms with Crippen LogP contribution in [0.4, 0.5) is 9.59 Å². The summed E-state index contributed by atoms with van der Waals surface area (Å²) in [6.07, 6.45) is 11.4. The van der Waals surface area contributed by atoms with Gasteiger partial charge in [-0.1, -0.05) is 95.1 Å². The summed E-state index contributed by atoms with van der Waals surface area (Å²) in [5.41, 5.74) is 9.62. The Hall–Kier alpha value is -7.03. The van der Waals surface area contributed by atoms with Gasteiger partial charge in [0.25, 0.3) is 5.56 Å². The number of nitrogens with zero attached hydrogens (tertiary/aromatic N) is 4. The minimum atomic E-state index is -0.777. The molecule has 0 radical (unpaired) electrons. The van der Waals surface area contributed by atoms with Gasteiger partial charge in [-0.05, 0) is 131 Å². The summed E-state index contributed by atoms with van der Waals surface area (Å²) in [5, 5.41) is 8.18. The van der Waals surface area contributed by atoms with Crippen molar-refractivity contribution >= 4 is 45.7 Å². The van der Waals surface area contributed by atoms with E-state index in [4.69, 9.17) is 19.4 Å². The summed E-state index contributed by atoms with van der Waals surface area (Å²) in [4.78, 5) is 86.5. The maximum absolute atomic E-state index is 14.1. The van der Waals surface area contributed by atoms with Gasteiger partial charge >= 0.3 is 12.2 Å². The first kappa shape index (κ1) is 48.6. The average molecular weight is 975 g/mol. The van der Waals surface area contributed by atoms with E-state index in [-0.39, 0.29) is 40.7 Å². The van der Waals surface area contributed by atoms with Crippen LogP contribution in [0.2, 0.25) is 0 Å². The summed E-state index contributed by atoms with van der Waals surface area (Å²) in [5.74, 6) is 0.503. The number of benzene rings is 4. The summed E-state index contributed by atoms with van der Waals surface area (Å²) in [6, 6.07) is 21.3. The fourth-order valence-corrected chi connectivity index (χ4v) is 12.4. The van der Waals surface area contributed by atoms with Crippen molar-refractivity contribution < 1.29 is 28.7 Å². The predicted octanol–water partition coefficient (Wildman–Crippen LogP) is 9.94. The molecule has 4 atom stereocenters. The number of hydrogen-bond acceptors (Lipinski definition) is 9. The molecule has 4 amide bonds. The van der Waals surface area contributed by atoms with E-state index in [1.54, 1.807) is 4.90 Å². The highest BCUT2D eigenvalue weighted by atomic mass is 16.5. The molecule has 4 aliphatic rings. The number of methoxy groups -OCH3 is 2. The second-order valence-corrected chi connectivity index (χ2v) is 21.2. The van der Waals surface area contributed by atoms with Gasteiger partial charge in [-0.2, -0.15) is 0 Å². The highest BCUT2D eigenvalue weighted by molar-refractivity contribution is 6.05. The highest BCUT2D eigenvalue weighted by Gasteiger charge is 2.43. The van der Waals surface area contributed by atoms with Gasteiger partial charge in [-0.25, -0.2) is 19.6 Å². The molecule has 2 aliphatic heterocycles.